The fourth-order valence-corrected chi connectivity index (χ4v) is 3.68. The van der Waals surface area contributed by atoms with E-state index in [2.05, 4.69) is 22.0 Å². The van der Waals surface area contributed by atoms with Crippen molar-refractivity contribution in [1.82, 2.24) is 5.32 Å². The minimum absolute atomic E-state index is 0. The van der Waals surface area contributed by atoms with Crippen molar-refractivity contribution in [3.05, 3.63) is 82.1 Å². The van der Waals surface area contributed by atoms with E-state index in [-0.39, 0.29) is 17.0 Å². The van der Waals surface area contributed by atoms with Crippen molar-refractivity contribution in [3.8, 4) is 16.9 Å². The number of aromatic nitrogens is 1. The van der Waals surface area contributed by atoms with Crippen LogP contribution < -0.4 is 31.6 Å². The highest BCUT2D eigenvalue weighted by atomic mass is 79.9. The van der Waals surface area contributed by atoms with Gasteiger partial charge in [-0.15, -0.1) is 0 Å². The molecule has 33 heavy (non-hydrogen) atoms. The number of benzene rings is 2. The Balaban J connectivity index is 0.00000385. The Kier molecular flexibility index (Phi) is 9.58. The van der Waals surface area contributed by atoms with Gasteiger partial charge in [-0.05, 0) is 39.0 Å². The topological polar surface area (TPSA) is 51.4 Å². The summed E-state index contributed by atoms with van der Waals surface area (Å²) in [5, 5.41) is 3.71. The lowest BCUT2D eigenvalue weighted by molar-refractivity contribution is -0.695. The summed E-state index contributed by atoms with van der Waals surface area (Å²) in [5.41, 5.74) is 3.03. The monoisotopic (exact) mass is 552 g/mol. The van der Waals surface area contributed by atoms with Gasteiger partial charge in [0.2, 0.25) is 5.69 Å². The molecule has 0 unspecified atom stereocenters. The Morgan fingerprint density at radius 3 is 2.36 bits per heavy atom. The molecule has 0 bridgehead atoms. The van der Waals surface area contributed by atoms with E-state index in [1.807, 2.05) is 57.3 Å². The van der Waals surface area contributed by atoms with Crippen LogP contribution in [0.4, 0.5) is 4.79 Å². The molecule has 0 fully saturated rings. The molecule has 0 aliphatic carbocycles. The van der Waals surface area contributed by atoms with Crippen LogP contribution in [0.1, 0.15) is 32.0 Å². The lowest BCUT2D eigenvalue weighted by Crippen LogP contribution is -3.00. The number of alkyl carbamates (subject to hydrolysis) is 1. The third kappa shape index (κ3) is 7.36. The predicted octanol–water partition coefficient (Wildman–Crippen LogP) is 3.03. The summed E-state index contributed by atoms with van der Waals surface area (Å²) in [4.78, 5) is 12.2. The molecular weight excluding hydrogens is 527 g/mol. The molecule has 0 radical (unpaired) electrons. The maximum atomic E-state index is 12.2. The summed E-state index contributed by atoms with van der Waals surface area (Å²) in [5.74, 6) is 0.630. The third-order valence-electron chi connectivity index (χ3n) is 4.69. The smallest absolute Gasteiger partial charge is 0.408 e. The molecule has 0 saturated heterocycles. The van der Waals surface area contributed by atoms with Crippen LogP contribution in [0.3, 0.4) is 0 Å². The van der Waals surface area contributed by atoms with Gasteiger partial charge in [0.15, 0.2) is 12.7 Å². The molecule has 2 aromatic carbocycles. The van der Waals surface area contributed by atoms with Gasteiger partial charge in [-0.2, -0.15) is 4.57 Å². The second-order valence-electron chi connectivity index (χ2n) is 8.32. The van der Waals surface area contributed by atoms with Crippen molar-refractivity contribution in [1.29, 1.82) is 0 Å². The first-order valence-corrected chi connectivity index (χ1v) is 11.0. The van der Waals surface area contributed by atoms with Crippen molar-refractivity contribution in [2.24, 2.45) is 0 Å². The lowest BCUT2D eigenvalue weighted by atomic mass is 10.1. The van der Waals surface area contributed by atoms with Gasteiger partial charge < -0.3 is 31.8 Å². The van der Waals surface area contributed by atoms with Gasteiger partial charge >= 0.3 is 6.09 Å². The quantitative estimate of drug-likeness (QED) is 0.477. The van der Waals surface area contributed by atoms with E-state index in [9.17, 15) is 4.79 Å². The summed E-state index contributed by atoms with van der Waals surface area (Å²) in [6.45, 7) is 6.42. The van der Waals surface area contributed by atoms with E-state index in [4.69, 9.17) is 32.7 Å². The summed E-state index contributed by atoms with van der Waals surface area (Å²) in [7, 11) is 1.60. The zero-order valence-electron chi connectivity index (χ0n) is 19.0. The summed E-state index contributed by atoms with van der Waals surface area (Å²) < 4.78 is 13.0. The molecule has 5 nitrogen and oxygen atoms in total. The van der Waals surface area contributed by atoms with E-state index in [1.165, 1.54) is 0 Å². The number of methoxy groups -OCH3 is 1. The van der Waals surface area contributed by atoms with Crippen molar-refractivity contribution in [2.45, 2.75) is 39.5 Å². The molecule has 3 aromatic rings. The molecule has 1 aromatic heterocycles. The van der Waals surface area contributed by atoms with Crippen LogP contribution >= 0.6 is 23.2 Å². The van der Waals surface area contributed by atoms with Crippen molar-refractivity contribution < 1.29 is 35.8 Å². The molecule has 1 N–H and O–H groups in total. The van der Waals surface area contributed by atoms with Gasteiger partial charge in [0.25, 0.3) is 0 Å². The number of carbonyl (C=O) groups excluding carboxylic acids is 1. The molecule has 8 heteroatoms. The largest absolute Gasteiger partial charge is 1.00 e. The molecule has 0 aliphatic heterocycles. The zero-order chi connectivity index (χ0) is 23.3. The molecular formula is C25H27BrCl2N2O3. The molecule has 1 amide bonds. The number of amides is 1. The highest BCUT2D eigenvalue weighted by Gasteiger charge is 2.21. The second kappa shape index (κ2) is 11.7. The number of pyridine rings is 1. The molecule has 1 heterocycles. The van der Waals surface area contributed by atoms with Gasteiger partial charge in [-0.1, -0.05) is 53.5 Å². The first-order chi connectivity index (χ1) is 15.2. The van der Waals surface area contributed by atoms with E-state index in [1.54, 1.807) is 19.2 Å². The maximum absolute atomic E-state index is 12.2. The van der Waals surface area contributed by atoms with Gasteiger partial charge in [0.05, 0.1) is 22.7 Å². The Morgan fingerprint density at radius 2 is 1.73 bits per heavy atom. The highest BCUT2D eigenvalue weighted by molar-refractivity contribution is 6.44. The molecule has 0 aliphatic rings. The van der Waals surface area contributed by atoms with Crippen LogP contribution in [0.2, 0.25) is 10.0 Å². The highest BCUT2D eigenvalue weighted by Crippen LogP contribution is 2.40. The van der Waals surface area contributed by atoms with Crippen molar-refractivity contribution in [3.63, 3.8) is 0 Å². The standard InChI is InChI=1S/C25H26Cl2N2O3.BrH/c1-25(2,3)32-24(30)28-14-19-11-10-18(16-29(19)15-17-8-6-5-7-9-17)22-21(31-4)13-12-20(26)23(22)27;/h5-13,16H,14-15H2,1-4H3;1H. The average molecular weight is 554 g/mol. The minimum atomic E-state index is -0.562. The molecule has 0 spiro atoms. The van der Waals surface area contributed by atoms with Crippen molar-refractivity contribution >= 4 is 29.3 Å². The fraction of sp³-hybridized carbons (Fsp3) is 0.280. The Labute approximate surface area is 215 Å². The number of ether oxygens (including phenoxy) is 2. The van der Waals surface area contributed by atoms with Crippen LogP contribution in [0.5, 0.6) is 5.75 Å². The average Bonchev–Trinajstić information content (AvgIpc) is 2.74. The summed E-state index contributed by atoms with van der Waals surface area (Å²) in [6.07, 6.45) is 1.52. The molecule has 0 atom stereocenters. The second-order valence-corrected chi connectivity index (χ2v) is 9.10. The van der Waals surface area contributed by atoms with E-state index < -0.39 is 11.7 Å². The SMILES string of the molecule is COc1ccc(Cl)c(Cl)c1-c1ccc(CNC(=O)OC(C)(C)C)[n+](Cc2ccccc2)c1.[Br-]. The Bertz CT molecular complexity index is 1100. The number of nitrogens with zero attached hydrogens (tertiary/aromatic N) is 1. The van der Waals surface area contributed by atoms with E-state index in [0.717, 1.165) is 22.4 Å². The van der Waals surface area contributed by atoms with Gasteiger partial charge in [-0.3, -0.25) is 0 Å². The van der Waals surface area contributed by atoms with Crippen LogP contribution in [0, 0.1) is 0 Å². The molecule has 3 rings (SSSR count). The van der Waals surface area contributed by atoms with E-state index in [0.29, 0.717) is 28.9 Å². The Hall–Kier alpha value is -2.28. The third-order valence-corrected chi connectivity index (χ3v) is 5.50. The summed E-state index contributed by atoms with van der Waals surface area (Å²) >= 11 is 12.8. The Morgan fingerprint density at radius 1 is 1.03 bits per heavy atom. The number of rotatable bonds is 6. The summed E-state index contributed by atoms with van der Waals surface area (Å²) in [6, 6.07) is 17.5. The zero-order valence-corrected chi connectivity index (χ0v) is 22.1. The van der Waals surface area contributed by atoms with Gasteiger partial charge in [0.1, 0.15) is 17.9 Å². The lowest BCUT2D eigenvalue weighted by Gasteiger charge is -2.19. The van der Waals surface area contributed by atoms with Crippen LogP contribution in [0.25, 0.3) is 11.1 Å². The number of hydrogen-bond acceptors (Lipinski definition) is 3. The van der Waals surface area contributed by atoms with Gasteiger partial charge in [0, 0.05) is 17.2 Å². The first-order valence-electron chi connectivity index (χ1n) is 10.2. The predicted molar refractivity (Wildman–Crippen MR) is 127 cm³/mol. The number of hydrogen-bond donors (Lipinski definition) is 1. The normalized spacial score (nSPS) is 10.8. The van der Waals surface area contributed by atoms with Crippen LogP contribution in [-0.2, 0) is 17.8 Å². The van der Waals surface area contributed by atoms with Gasteiger partial charge in [-0.25, -0.2) is 4.79 Å². The minimum Gasteiger partial charge on any atom is -1.00 e. The van der Waals surface area contributed by atoms with Crippen LogP contribution in [-0.4, -0.2) is 18.8 Å². The molecule has 176 valence electrons. The van der Waals surface area contributed by atoms with Crippen LogP contribution in [0.15, 0.2) is 60.8 Å². The fourth-order valence-electron chi connectivity index (χ4n) is 3.26. The first kappa shape index (κ1) is 27.0. The molecule has 0 saturated carbocycles. The number of nitrogens with one attached hydrogen (secondary N) is 1. The van der Waals surface area contributed by atoms with E-state index >= 15 is 0 Å². The van der Waals surface area contributed by atoms with Crippen molar-refractivity contribution in [2.75, 3.05) is 7.11 Å². The number of carbonyl (C=O) groups is 1. The number of halogens is 3. The maximum Gasteiger partial charge on any atom is 0.408 e.